The average molecular weight is 306 g/mol. The second kappa shape index (κ2) is 6.93. The fourth-order valence-electron chi connectivity index (χ4n) is 2.29. The predicted molar refractivity (Wildman–Crippen MR) is 76.9 cm³/mol. The Hall–Kier alpha value is -2.57. The number of phenols is 1. The number of phenolic OH excluding ortho intramolecular Hbond substituents is 1. The van der Waals surface area contributed by atoms with Crippen LogP contribution in [0.2, 0.25) is 0 Å². The number of benzene rings is 1. The smallest absolute Gasteiger partial charge is 0.328 e. The minimum absolute atomic E-state index is 0.121. The Kier molecular flexibility index (Phi) is 4.98. The van der Waals surface area contributed by atoms with Crippen LogP contribution in [-0.4, -0.2) is 42.1 Å². The van der Waals surface area contributed by atoms with Gasteiger partial charge < -0.3 is 20.5 Å². The zero-order chi connectivity index (χ0) is 16.1. The number of amides is 2. The van der Waals surface area contributed by atoms with E-state index in [0.29, 0.717) is 12.8 Å². The van der Waals surface area contributed by atoms with Crippen LogP contribution in [0.3, 0.4) is 0 Å². The number of ether oxygens (including phenoxy) is 1. The van der Waals surface area contributed by atoms with Gasteiger partial charge in [-0.2, -0.15) is 0 Å². The third kappa shape index (κ3) is 3.97. The normalized spacial score (nSPS) is 18.4. The van der Waals surface area contributed by atoms with Crippen LogP contribution in [0, 0.1) is 0 Å². The van der Waals surface area contributed by atoms with Crippen LogP contribution in [0.15, 0.2) is 24.3 Å². The lowest BCUT2D eigenvalue weighted by atomic mass is 10.1. The molecule has 0 radical (unpaired) electrons. The van der Waals surface area contributed by atoms with Crippen molar-refractivity contribution in [2.24, 2.45) is 0 Å². The number of aromatic hydroxyl groups is 1. The van der Waals surface area contributed by atoms with E-state index in [-0.39, 0.29) is 18.1 Å². The van der Waals surface area contributed by atoms with Gasteiger partial charge in [-0.15, -0.1) is 0 Å². The summed E-state index contributed by atoms with van der Waals surface area (Å²) in [5.74, 6) is -1.02. The molecule has 1 aromatic carbocycles. The van der Waals surface area contributed by atoms with Crippen molar-refractivity contribution in [3.63, 3.8) is 0 Å². The van der Waals surface area contributed by atoms with Gasteiger partial charge in [0.05, 0.1) is 7.11 Å². The highest BCUT2D eigenvalue weighted by atomic mass is 16.5. The van der Waals surface area contributed by atoms with E-state index >= 15 is 0 Å². The molecule has 1 aromatic rings. The largest absolute Gasteiger partial charge is 0.508 e. The van der Waals surface area contributed by atoms with E-state index in [1.807, 2.05) is 0 Å². The molecule has 0 bridgehead atoms. The average Bonchev–Trinajstić information content (AvgIpc) is 2.94. The zero-order valence-corrected chi connectivity index (χ0v) is 12.2. The van der Waals surface area contributed by atoms with Crippen molar-refractivity contribution < 1.29 is 24.2 Å². The van der Waals surface area contributed by atoms with E-state index in [0.717, 1.165) is 5.56 Å². The highest BCUT2D eigenvalue weighted by Gasteiger charge is 2.30. The van der Waals surface area contributed by atoms with Crippen molar-refractivity contribution in [3.8, 4) is 5.75 Å². The molecule has 1 aliphatic heterocycles. The fourth-order valence-corrected chi connectivity index (χ4v) is 2.29. The van der Waals surface area contributed by atoms with Gasteiger partial charge in [0.15, 0.2) is 0 Å². The van der Waals surface area contributed by atoms with Crippen LogP contribution >= 0.6 is 0 Å². The summed E-state index contributed by atoms with van der Waals surface area (Å²) >= 11 is 0. The summed E-state index contributed by atoms with van der Waals surface area (Å²) in [6.45, 7) is 0. The van der Waals surface area contributed by atoms with Crippen LogP contribution in [-0.2, 0) is 25.5 Å². The highest BCUT2D eigenvalue weighted by Crippen LogP contribution is 2.13. The first-order chi connectivity index (χ1) is 10.5. The predicted octanol–water partition coefficient (Wildman–Crippen LogP) is -0.129. The first-order valence-corrected chi connectivity index (χ1v) is 6.95. The molecule has 0 saturated carbocycles. The van der Waals surface area contributed by atoms with Crippen molar-refractivity contribution in [2.75, 3.05) is 7.11 Å². The lowest BCUT2D eigenvalue weighted by Gasteiger charge is -2.19. The Labute approximate surface area is 127 Å². The van der Waals surface area contributed by atoms with Crippen molar-refractivity contribution in [1.29, 1.82) is 0 Å². The Morgan fingerprint density at radius 3 is 2.64 bits per heavy atom. The van der Waals surface area contributed by atoms with E-state index in [2.05, 4.69) is 10.6 Å². The summed E-state index contributed by atoms with van der Waals surface area (Å²) in [5.41, 5.74) is 0.768. The number of carbonyl (C=O) groups excluding carboxylic acids is 3. The quantitative estimate of drug-likeness (QED) is 0.657. The van der Waals surface area contributed by atoms with Gasteiger partial charge in [-0.1, -0.05) is 12.1 Å². The standard InChI is InChI=1S/C15H18N2O5/c1-22-15(21)12(8-9-2-4-10(18)5-3-9)17-14(20)11-6-7-13(19)16-11/h2-5,11-12,18H,6-8H2,1H3,(H,16,19)(H,17,20)/t11-,12-/m0/s1. The molecule has 0 aromatic heterocycles. The first kappa shape index (κ1) is 15.8. The number of methoxy groups -OCH3 is 1. The molecule has 1 aliphatic rings. The van der Waals surface area contributed by atoms with Gasteiger partial charge in [0.1, 0.15) is 17.8 Å². The number of hydrogen-bond acceptors (Lipinski definition) is 5. The lowest BCUT2D eigenvalue weighted by Crippen LogP contribution is -2.49. The lowest BCUT2D eigenvalue weighted by molar-refractivity contribution is -0.145. The van der Waals surface area contributed by atoms with Gasteiger partial charge in [0, 0.05) is 12.8 Å². The van der Waals surface area contributed by atoms with Gasteiger partial charge in [-0.05, 0) is 24.1 Å². The molecule has 2 rings (SSSR count). The Morgan fingerprint density at radius 2 is 2.09 bits per heavy atom. The van der Waals surface area contributed by atoms with E-state index in [1.165, 1.54) is 19.2 Å². The van der Waals surface area contributed by atoms with Gasteiger partial charge >= 0.3 is 5.97 Å². The molecule has 7 nitrogen and oxygen atoms in total. The number of esters is 1. The Morgan fingerprint density at radius 1 is 1.41 bits per heavy atom. The molecule has 0 aliphatic carbocycles. The molecule has 7 heteroatoms. The second-order valence-electron chi connectivity index (χ2n) is 5.11. The molecule has 2 atom stereocenters. The molecule has 0 spiro atoms. The first-order valence-electron chi connectivity index (χ1n) is 6.95. The minimum Gasteiger partial charge on any atom is -0.508 e. The third-order valence-corrected chi connectivity index (χ3v) is 3.49. The molecule has 1 fully saturated rings. The Bertz CT molecular complexity index is 570. The zero-order valence-electron chi connectivity index (χ0n) is 12.2. The van der Waals surface area contributed by atoms with E-state index in [1.54, 1.807) is 12.1 Å². The minimum atomic E-state index is -0.848. The highest BCUT2D eigenvalue weighted by molar-refractivity contribution is 5.93. The molecular weight excluding hydrogens is 288 g/mol. The number of rotatable bonds is 5. The topological polar surface area (TPSA) is 105 Å². The van der Waals surface area contributed by atoms with E-state index in [4.69, 9.17) is 4.74 Å². The van der Waals surface area contributed by atoms with Crippen LogP contribution in [0.5, 0.6) is 5.75 Å². The molecule has 1 saturated heterocycles. The molecule has 3 N–H and O–H groups in total. The molecule has 1 heterocycles. The summed E-state index contributed by atoms with van der Waals surface area (Å²) < 4.78 is 4.70. The van der Waals surface area contributed by atoms with Crippen molar-refractivity contribution in [2.45, 2.75) is 31.3 Å². The SMILES string of the molecule is COC(=O)[C@H](Cc1ccc(O)cc1)NC(=O)[C@@H]1CCC(=O)N1. The number of carbonyl (C=O) groups is 3. The summed E-state index contributed by atoms with van der Waals surface area (Å²) in [6.07, 6.45) is 0.954. The van der Waals surface area contributed by atoms with Gasteiger partial charge in [-0.25, -0.2) is 4.79 Å². The monoisotopic (exact) mass is 306 g/mol. The maximum Gasteiger partial charge on any atom is 0.328 e. The van der Waals surface area contributed by atoms with Crippen molar-refractivity contribution in [3.05, 3.63) is 29.8 Å². The van der Waals surface area contributed by atoms with Crippen LogP contribution in [0.25, 0.3) is 0 Å². The van der Waals surface area contributed by atoms with Crippen molar-refractivity contribution >= 4 is 17.8 Å². The maximum absolute atomic E-state index is 12.1. The van der Waals surface area contributed by atoms with Gasteiger partial charge in [-0.3, -0.25) is 9.59 Å². The Balaban J connectivity index is 2.02. The van der Waals surface area contributed by atoms with Crippen LogP contribution < -0.4 is 10.6 Å². The molecule has 22 heavy (non-hydrogen) atoms. The van der Waals surface area contributed by atoms with Gasteiger partial charge in [0.2, 0.25) is 11.8 Å². The number of nitrogens with one attached hydrogen (secondary N) is 2. The third-order valence-electron chi connectivity index (χ3n) is 3.49. The summed E-state index contributed by atoms with van der Waals surface area (Å²) in [7, 11) is 1.25. The van der Waals surface area contributed by atoms with Crippen LogP contribution in [0.1, 0.15) is 18.4 Å². The van der Waals surface area contributed by atoms with E-state index in [9.17, 15) is 19.5 Å². The molecule has 118 valence electrons. The fraction of sp³-hybridized carbons (Fsp3) is 0.400. The van der Waals surface area contributed by atoms with Crippen molar-refractivity contribution in [1.82, 2.24) is 10.6 Å². The number of hydrogen-bond donors (Lipinski definition) is 3. The molecule has 2 amide bonds. The summed E-state index contributed by atoms with van der Waals surface area (Å²) in [5, 5.41) is 14.4. The maximum atomic E-state index is 12.1. The van der Waals surface area contributed by atoms with Gasteiger partial charge in [0.25, 0.3) is 0 Å². The molecular formula is C15H18N2O5. The van der Waals surface area contributed by atoms with E-state index < -0.39 is 24.0 Å². The van der Waals surface area contributed by atoms with Crippen LogP contribution in [0.4, 0.5) is 0 Å². The summed E-state index contributed by atoms with van der Waals surface area (Å²) in [6, 6.07) is 4.87. The summed E-state index contributed by atoms with van der Waals surface area (Å²) in [4.78, 5) is 35.1. The second-order valence-corrected chi connectivity index (χ2v) is 5.11. The molecule has 0 unspecified atom stereocenters.